The zero-order valence-corrected chi connectivity index (χ0v) is 18.5. The molecule has 0 radical (unpaired) electrons. The summed E-state index contributed by atoms with van der Waals surface area (Å²) in [6.45, 7) is 5.87. The number of nitrogens with one attached hydrogen (secondary N) is 1. The summed E-state index contributed by atoms with van der Waals surface area (Å²) in [5, 5.41) is 11.2. The lowest BCUT2D eigenvalue weighted by Crippen LogP contribution is -2.35. The van der Waals surface area contributed by atoms with Gasteiger partial charge < -0.3 is 29.0 Å². The van der Waals surface area contributed by atoms with Crippen LogP contribution >= 0.6 is 0 Å². The van der Waals surface area contributed by atoms with E-state index < -0.39 is 23.7 Å². The highest BCUT2D eigenvalue weighted by Gasteiger charge is 2.47. The van der Waals surface area contributed by atoms with Crippen molar-refractivity contribution in [2.24, 2.45) is 0 Å². The highest BCUT2D eigenvalue weighted by Crippen LogP contribution is 2.41. The molecule has 1 amide bonds. The van der Waals surface area contributed by atoms with Crippen molar-refractivity contribution in [3.8, 4) is 0 Å². The van der Waals surface area contributed by atoms with Gasteiger partial charge in [-0.05, 0) is 52.6 Å². The van der Waals surface area contributed by atoms with Crippen LogP contribution in [0.3, 0.4) is 0 Å². The summed E-state index contributed by atoms with van der Waals surface area (Å²) in [6, 6.07) is 2.56. The normalized spacial score (nSPS) is 18.3. The standard InChI is InChI=1S/C22H27N3O6/c1-11-7-8-14(31-11)18-16(20(27)21(28)25(18)10-9-24(4)5)19(26)15-12(2)17(22(29)30-6)23-13(15)3/h7-8,18,23,26H,9-10H2,1-6H3. The monoisotopic (exact) mass is 429 g/mol. The van der Waals surface area contributed by atoms with Crippen molar-refractivity contribution >= 4 is 23.4 Å². The van der Waals surface area contributed by atoms with E-state index in [1.54, 1.807) is 32.9 Å². The lowest BCUT2D eigenvalue weighted by atomic mass is 9.97. The number of aromatic nitrogens is 1. The third-order valence-corrected chi connectivity index (χ3v) is 5.42. The number of Topliss-reactive ketones (excluding diaryl/α,β-unsaturated/α-hetero) is 1. The summed E-state index contributed by atoms with van der Waals surface area (Å²) >= 11 is 0. The number of H-pyrrole nitrogens is 1. The van der Waals surface area contributed by atoms with Gasteiger partial charge in [0.05, 0.1) is 12.7 Å². The molecule has 0 bridgehead atoms. The Morgan fingerprint density at radius 3 is 2.48 bits per heavy atom. The topological polar surface area (TPSA) is 116 Å². The number of carbonyl (C=O) groups is 3. The molecule has 0 aromatic carbocycles. The number of ether oxygens (including phenoxy) is 1. The number of likely N-dealkylation sites (N-methyl/N-ethyl adjacent to an activating group) is 1. The minimum atomic E-state index is -0.871. The summed E-state index contributed by atoms with van der Waals surface area (Å²) in [4.78, 5) is 44.1. The zero-order chi connectivity index (χ0) is 23.0. The molecule has 1 atom stereocenters. The molecule has 2 aromatic rings. The molecule has 3 heterocycles. The smallest absolute Gasteiger partial charge is 0.354 e. The maximum Gasteiger partial charge on any atom is 0.354 e. The number of carbonyl (C=O) groups excluding carboxylic acids is 3. The van der Waals surface area contributed by atoms with Crippen molar-refractivity contribution < 1.29 is 28.6 Å². The van der Waals surface area contributed by atoms with Crippen molar-refractivity contribution in [2.45, 2.75) is 26.8 Å². The van der Waals surface area contributed by atoms with Crippen molar-refractivity contribution in [1.82, 2.24) is 14.8 Å². The molecule has 0 aliphatic carbocycles. The van der Waals surface area contributed by atoms with Crippen LogP contribution in [0, 0.1) is 20.8 Å². The van der Waals surface area contributed by atoms with Gasteiger partial charge in [-0.15, -0.1) is 0 Å². The summed E-state index contributed by atoms with van der Waals surface area (Å²) in [7, 11) is 4.99. The van der Waals surface area contributed by atoms with Crippen LogP contribution in [0.5, 0.6) is 0 Å². The molecule has 2 N–H and O–H groups in total. The van der Waals surface area contributed by atoms with Crippen LogP contribution < -0.4 is 0 Å². The molecular formula is C22H27N3O6. The molecule has 166 valence electrons. The first-order valence-electron chi connectivity index (χ1n) is 9.85. The quantitative estimate of drug-likeness (QED) is 0.313. The first kappa shape index (κ1) is 22.4. The van der Waals surface area contributed by atoms with E-state index in [0.717, 1.165) is 0 Å². The fraction of sp³-hybridized carbons (Fsp3) is 0.409. The number of aromatic amines is 1. The number of rotatable bonds is 6. The molecule has 2 aromatic heterocycles. The van der Waals surface area contributed by atoms with E-state index in [9.17, 15) is 19.5 Å². The summed E-state index contributed by atoms with van der Waals surface area (Å²) in [5.41, 5.74) is 1.30. The number of methoxy groups -OCH3 is 1. The van der Waals surface area contributed by atoms with Crippen LogP contribution in [-0.4, -0.2) is 71.8 Å². The number of likely N-dealkylation sites (tertiary alicyclic amines) is 1. The van der Waals surface area contributed by atoms with Gasteiger partial charge >= 0.3 is 5.97 Å². The second-order valence-corrected chi connectivity index (χ2v) is 7.86. The van der Waals surface area contributed by atoms with Crippen LogP contribution in [0.1, 0.15) is 44.9 Å². The van der Waals surface area contributed by atoms with Gasteiger partial charge in [-0.2, -0.15) is 0 Å². The number of aliphatic hydroxyl groups excluding tert-OH is 1. The van der Waals surface area contributed by atoms with E-state index in [0.29, 0.717) is 34.9 Å². The lowest BCUT2D eigenvalue weighted by Gasteiger charge is -2.24. The number of esters is 1. The number of hydrogen-bond donors (Lipinski definition) is 2. The predicted molar refractivity (Wildman–Crippen MR) is 113 cm³/mol. The number of amides is 1. The molecule has 1 aliphatic heterocycles. The Morgan fingerprint density at radius 2 is 1.94 bits per heavy atom. The number of aliphatic hydroxyl groups is 1. The van der Waals surface area contributed by atoms with E-state index in [1.807, 2.05) is 19.0 Å². The average molecular weight is 429 g/mol. The number of furan rings is 1. The summed E-state index contributed by atoms with van der Waals surface area (Å²) in [6.07, 6.45) is 0. The van der Waals surface area contributed by atoms with Gasteiger partial charge in [0.25, 0.3) is 11.7 Å². The van der Waals surface area contributed by atoms with E-state index in [-0.39, 0.29) is 23.6 Å². The van der Waals surface area contributed by atoms with Gasteiger partial charge in [0, 0.05) is 24.3 Å². The van der Waals surface area contributed by atoms with Gasteiger partial charge in [-0.1, -0.05) is 0 Å². The fourth-order valence-electron chi connectivity index (χ4n) is 3.86. The highest BCUT2D eigenvalue weighted by molar-refractivity contribution is 6.46. The van der Waals surface area contributed by atoms with Crippen molar-refractivity contribution in [2.75, 3.05) is 34.3 Å². The van der Waals surface area contributed by atoms with Crippen LogP contribution in [0.25, 0.3) is 5.76 Å². The van der Waals surface area contributed by atoms with E-state index in [2.05, 4.69) is 4.98 Å². The Bertz CT molecular complexity index is 1080. The molecular weight excluding hydrogens is 402 g/mol. The molecule has 1 aliphatic rings. The van der Waals surface area contributed by atoms with Crippen LogP contribution in [0.2, 0.25) is 0 Å². The van der Waals surface area contributed by atoms with Crippen LogP contribution in [0.15, 0.2) is 22.1 Å². The van der Waals surface area contributed by atoms with E-state index >= 15 is 0 Å². The predicted octanol–water partition coefficient (Wildman–Crippen LogP) is 2.30. The van der Waals surface area contributed by atoms with E-state index in [1.165, 1.54) is 12.0 Å². The van der Waals surface area contributed by atoms with Gasteiger partial charge in [0.1, 0.15) is 29.0 Å². The zero-order valence-electron chi connectivity index (χ0n) is 18.5. The molecule has 0 spiro atoms. The molecule has 9 nitrogen and oxygen atoms in total. The van der Waals surface area contributed by atoms with E-state index in [4.69, 9.17) is 9.15 Å². The largest absolute Gasteiger partial charge is 0.507 e. The highest BCUT2D eigenvalue weighted by atomic mass is 16.5. The lowest BCUT2D eigenvalue weighted by molar-refractivity contribution is -0.140. The number of ketones is 1. The SMILES string of the molecule is COC(=O)c1[nH]c(C)c(C(O)=C2C(=O)C(=O)N(CCN(C)C)C2c2ccc(C)o2)c1C. The minimum Gasteiger partial charge on any atom is -0.507 e. The Labute approximate surface area is 180 Å². The average Bonchev–Trinajstić information content (AvgIpc) is 3.34. The van der Waals surface area contributed by atoms with Crippen LogP contribution in [0.4, 0.5) is 0 Å². The third-order valence-electron chi connectivity index (χ3n) is 5.42. The number of aryl methyl sites for hydroxylation is 2. The van der Waals surface area contributed by atoms with Crippen molar-refractivity contribution in [1.29, 1.82) is 0 Å². The maximum atomic E-state index is 13.0. The third kappa shape index (κ3) is 3.88. The Balaban J connectivity index is 2.20. The van der Waals surface area contributed by atoms with Gasteiger partial charge in [0.2, 0.25) is 0 Å². The molecule has 0 saturated carbocycles. The van der Waals surface area contributed by atoms with Crippen molar-refractivity contribution in [3.63, 3.8) is 0 Å². The molecule has 3 rings (SSSR count). The molecule has 1 unspecified atom stereocenters. The van der Waals surface area contributed by atoms with Gasteiger partial charge in [-0.25, -0.2) is 4.79 Å². The number of hydrogen-bond acceptors (Lipinski definition) is 7. The minimum absolute atomic E-state index is 0.0697. The summed E-state index contributed by atoms with van der Waals surface area (Å²) < 4.78 is 10.5. The first-order chi connectivity index (χ1) is 14.6. The molecule has 1 fully saturated rings. The van der Waals surface area contributed by atoms with Crippen LogP contribution in [-0.2, 0) is 14.3 Å². The maximum absolute atomic E-state index is 13.0. The Kier molecular flexibility index (Phi) is 6.08. The first-order valence-corrected chi connectivity index (χ1v) is 9.85. The second-order valence-electron chi connectivity index (χ2n) is 7.86. The number of nitrogens with zero attached hydrogens (tertiary/aromatic N) is 2. The van der Waals surface area contributed by atoms with Gasteiger partial charge in [-0.3, -0.25) is 9.59 Å². The van der Waals surface area contributed by atoms with Gasteiger partial charge in [0.15, 0.2) is 0 Å². The molecule has 31 heavy (non-hydrogen) atoms. The molecule has 9 heteroatoms. The second kappa shape index (κ2) is 8.43. The molecule has 1 saturated heterocycles. The Morgan fingerprint density at radius 1 is 1.26 bits per heavy atom. The Hall–Kier alpha value is -3.33. The summed E-state index contributed by atoms with van der Waals surface area (Å²) in [5.74, 6) is -1.45. The van der Waals surface area contributed by atoms with Crippen molar-refractivity contribution in [3.05, 3.63) is 51.7 Å². The fourth-order valence-corrected chi connectivity index (χ4v) is 3.86.